The molecule has 1 aromatic heterocycles. The van der Waals surface area contributed by atoms with Crippen LogP contribution < -0.4 is 19.8 Å². The summed E-state index contributed by atoms with van der Waals surface area (Å²) in [5.74, 6) is 1.40. The minimum atomic E-state index is -0.576. The Balaban J connectivity index is 2.22. The average Bonchev–Trinajstić information content (AvgIpc) is 2.56. The number of ether oxygens (including phenoxy) is 3. The fraction of sp³-hybridized carbons (Fsp3) is 0.118. The van der Waals surface area contributed by atoms with Crippen LogP contribution in [0.25, 0.3) is 11.0 Å². The van der Waals surface area contributed by atoms with Crippen molar-refractivity contribution in [3.05, 3.63) is 56.9 Å². The third-order valence-electron chi connectivity index (χ3n) is 3.34. The van der Waals surface area contributed by atoms with E-state index in [0.717, 1.165) is 0 Å². The van der Waals surface area contributed by atoms with E-state index in [1.54, 1.807) is 30.3 Å². The van der Waals surface area contributed by atoms with Gasteiger partial charge in [0.25, 0.3) is 0 Å². The monoisotopic (exact) mass is 366 g/mol. The highest BCUT2D eigenvalue weighted by molar-refractivity contribution is 6.37. The summed E-state index contributed by atoms with van der Waals surface area (Å²) in [4.78, 5) is 11.8. The molecule has 3 rings (SSSR count). The molecule has 5 nitrogen and oxygen atoms in total. The number of para-hydroxylation sites is 1. The quantitative estimate of drug-likeness (QED) is 0.614. The number of methoxy groups -OCH3 is 2. The van der Waals surface area contributed by atoms with Crippen LogP contribution in [0.15, 0.2) is 45.6 Å². The van der Waals surface area contributed by atoms with Gasteiger partial charge in [0.05, 0.1) is 35.7 Å². The van der Waals surface area contributed by atoms with Gasteiger partial charge in [-0.15, -0.1) is 0 Å². The van der Waals surface area contributed by atoms with E-state index in [1.807, 2.05) is 0 Å². The molecular formula is C17H12Cl2O5. The molecule has 0 saturated heterocycles. The van der Waals surface area contributed by atoms with Crippen molar-refractivity contribution < 1.29 is 18.6 Å². The molecule has 0 bridgehead atoms. The first-order chi connectivity index (χ1) is 11.5. The summed E-state index contributed by atoms with van der Waals surface area (Å²) in [5, 5.41) is 1.16. The van der Waals surface area contributed by atoms with Gasteiger partial charge in [-0.3, -0.25) is 0 Å². The van der Waals surface area contributed by atoms with Crippen molar-refractivity contribution in [3.63, 3.8) is 0 Å². The van der Waals surface area contributed by atoms with Crippen molar-refractivity contribution in [3.8, 4) is 23.0 Å². The number of rotatable bonds is 4. The van der Waals surface area contributed by atoms with Crippen molar-refractivity contribution in [1.82, 2.24) is 0 Å². The molecule has 0 unspecified atom stereocenters. The predicted molar refractivity (Wildman–Crippen MR) is 92.1 cm³/mol. The van der Waals surface area contributed by atoms with Crippen molar-refractivity contribution in [1.29, 1.82) is 0 Å². The van der Waals surface area contributed by atoms with Crippen LogP contribution in [-0.4, -0.2) is 14.2 Å². The minimum Gasteiger partial charge on any atom is -0.493 e. The Bertz CT molecular complexity index is 945. The maximum atomic E-state index is 11.8. The van der Waals surface area contributed by atoms with Crippen LogP contribution >= 0.6 is 23.2 Å². The molecule has 124 valence electrons. The smallest absolute Gasteiger partial charge is 0.339 e. The molecule has 7 heteroatoms. The van der Waals surface area contributed by atoms with Crippen molar-refractivity contribution in [2.45, 2.75) is 0 Å². The molecule has 0 fully saturated rings. The summed E-state index contributed by atoms with van der Waals surface area (Å²) < 4.78 is 21.5. The lowest BCUT2D eigenvalue weighted by Gasteiger charge is -2.13. The first-order valence-electron chi connectivity index (χ1n) is 6.85. The zero-order valence-electron chi connectivity index (χ0n) is 12.8. The molecule has 0 amide bonds. The molecule has 0 atom stereocenters. The molecule has 1 heterocycles. The van der Waals surface area contributed by atoms with Gasteiger partial charge in [-0.25, -0.2) is 4.79 Å². The average molecular weight is 367 g/mol. The third kappa shape index (κ3) is 3.00. The lowest BCUT2D eigenvalue weighted by atomic mass is 10.2. The van der Waals surface area contributed by atoms with Crippen LogP contribution in [0.5, 0.6) is 23.0 Å². The Kier molecular flexibility index (Phi) is 4.55. The predicted octanol–water partition coefficient (Wildman–Crippen LogP) is 4.91. The molecule has 0 spiro atoms. The van der Waals surface area contributed by atoms with Gasteiger partial charge in [-0.1, -0.05) is 29.3 Å². The number of halogens is 2. The second kappa shape index (κ2) is 6.63. The summed E-state index contributed by atoms with van der Waals surface area (Å²) >= 11 is 12.2. The summed E-state index contributed by atoms with van der Waals surface area (Å²) in [6.45, 7) is 0. The number of benzene rings is 2. The summed E-state index contributed by atoms with van der Waals surface area (Å²) in [6, 6.07) is 9.39. The lowest BCUT2D eigenvalue weighted by Crippen LogP contribution is -2.00. The summed E-state index contributed by atoms with van der Waals surface area (Å²) in [7, 11) is 3.00. The molecular weight excluding hydrogens is 355 g/mol. The number of hydrogen-bond donors (Lipinski definition) is 0. The van der Waals surface area contributed by atoms with E-state index < -0.39 is 5.63 Å². The maximum absolute atomic E-state index is 11.8. The van der Waals surface area contributed by atoms with Crippen molar-refractivity contribution >= 4 is 34.2 Å². The summed E-state index contributed by atoms with van der Waals surface area (Å²) in [6.07, 6.45) is 0. The Morgan fingerprint density at radius 3 is 2.17 bits per heavy atom. The van der Waals surface area contributed by atoms with E-state index in [2.05, 4.69) is 0 Å². The maximum Gasteiger partial charge on any atom is 0.339 e. The number of fused-ring (bicyclic) bond motifs is 1. The molecule has 0 aliphatic rings. The van der Waals surface area contributed by atoms with Crippen LogP contribution in [-0.2, 0) is 0 Å². The molecule has 0 aliphatic carbocycles. The fourth-order valence-corrected chi connectivity index (χ4v) is 2.71. The fourth-order valence-electron chi connectivity index (χ4n) is 2.23. The largest absolute Gasteiger partial charge is 0.493 e. The van der Waals surface area contributed by atoms with E-state index in [0.29, 0.717) is 32.5 Å². The lowest BCUT2D eigenvalue weighted by molar-refractivity contribution is 0.354. The van der Waals surface area contributed by atoms with Gasteiger partial charge in [0.1, 0.15) is 11.3 Å². The molecule has 0 N–H and O–H groups in total. The third-order valence-corrected chi connectivity index (χ3v) is 3.94. The van der Waals surface area contributed by atoms with Gasteiger partial charge in [0.15, 0.2) is 17.2 Å². The molecule has 0 radical (unpaired) electrons. The van der Waals surface area contributed by atoms with E-state index in [-0.39, 0.29) is 11.5 Å². The van der Waals surface area contributed by atoms with Crippen LogP contribution in [0.4, 0.5) is 0 Å². The molecule has 2 aromatic carbocycles. The topological polar surface area (TPSA) is 57.9 Å². The first kappa shape index (κ1) is 16.5. The summed E-state index contributed by atoms with van der Waals surface area (Å²) in [5.41, 5.74) is -0.286. The molecule has 0 saturated carbocycles. The van der Waals surface area contributed by atoms with Gasteiger partial charge in [-0.2, -0.15) is 0 Å². The zero-order chi connectivity index (χ0) is 17.3. The van der Waals surface area contributed by atoms with Gasteiger partial charge < -0.3 is 18.6 Å². The van der Waals surface area contributed by atoms with Gasteiger partial charge in [-0.05, 0) is 18.2 Å². The van der Waals surface area contributed by atoms with E-state index in [1.165, 1.54) is 20.3 Å². The molecule has 0 aliphatic heterocycles. The Hall–Kier alpha value is -2.37. The van der Waals surface area contributed by atoms with Crippen LogP contribution in [0.1, 0.15) is 0 Å². The second-order valence-corrected chi connectivity index (χ2v) is 5.60. The zero-order valence-corrected chi connectivity index (χ0v) is 14.3. The van der Waals surface area contributed by atoms with Crippen LogP contribution in [0.3, 0.4) is 0 Å². The normalized spacial score (nSPS) is 10.7. The highest BCUT2D eigenvalue weighted by Gasteiger charge is 2.16. The SMILES string of the molecule is COc1cc2oc(=O)cc(Oc3c(Cl)cccc3Cl)c2cc1OC. The van der Waals surface area contributed by atoms with E-state index in [9.17, 15) is 4.79 Å². The first-order valence-corrected chi connectivity index (χ1v) is 7.61. The Morgan fingerprint density at radius 1 is 0.917 bits per heavy atom. The van der Waals surface area contributed by atoms with Gasteiger partial charge in [0, 0.05) is 6.07 Å². The second-order valence-electron chi connectivity index (χ2n) is 4.79. The molecule has 3 aromatic rings. The van der Waals surface area contributed by atoms with E-state index >= 15 is 0 Å². The Morgan fingerprint density at radius 2 is 1.54 bits per heavy atom. The van der Waals surface area contributed by atoms with Crippen LogP contribution in [0, 0.1) is 0 Å². The number of hydrogen-bond acceptors (Lipinski definition) is 5. The molecule has 24 heavy (non-hydrogen) atoms. The van der Waals surface area contributed by atoms with Crippen molar-refractivity contribution in [2.24, 2.45) is 0 Å². The standard InChI is InChI=1S/C17H12Cl2O5/c1-21-14-6-9-12(7-15(14)22-2)23-16(20)8-13(9)24-17-10(18)4-3-5-11(17)19/h3-8H,1-2H3. The Labute approximate surface area is 147 Å². The highest BCUT2D eigenvalue weighted by Crippen LogP contribution is 2.40. The minimum absolute atomic E-state index is 0.247. The van der Waals surface area contributed by atoms with Crippen molar-refractivity contribution in [2.75, 3.05) is 14.2 Å². The van der Waals surface area contributed by atoms with E-state index in [4.69, 9.17) is 41.8 Å². The highest BCUT2D eigenvalue weighted by atomic mass is 35.5. The van der Waals surface area contributed by atoms with Gasteiger partial charge in [0.2, 0.25) is 0 Å². The van der Waals surface area contributed by atoms with Crippen LogP contribution in [0.2, 0.25) is 10.0 Å². The van der Waals surface area contributed by atoms with Gasteiger partial charge >= 0.3 is 5.63 Å².